The van der Waals surface area contributed by atoms with E-state index in [1.807, 2.05) is 0 Å². The molecule has 0 aromatic heterocycles. The molecule has 0 radical (unpaired) electrons. The molecule has 2 aliphatic heterocycles. The maximum absolute atomic E-state index is 2.33. The Bertz CT molecular complexity index is 327. The van der Waals surface area contributed by atoms with E-state index in [2.05, 4.69) is 6.92 Å². The minimum absolute atomic E-state index is 0.997. The van der Waals surface area contributed by atoms with Crippen molar-refractivity contribution in [1.29, 1.82) is 0 Å². The van der Waals surface area contributed by atoms with E-state index >= 15 is 0 Å². The van der Waals surface area contributed by atoms with Gasteiger partial charge in [-0.2, -0.15) is 0 Å². The van der Waals surface area contributed by atoms with E-state index in [0.717, 1.165) is 6.04 Å². The normalized spacial score (nSPS) is 25.4. The van der Waals surface area contributed by atoms with Gasteiger partial charge in [0, 0.05) is 0 Å². The van der Waals surface area contributed by atoms with Gasteiger partial charge in [-0.3, -0.25) is 0 Å². The third-order valence-electron chi connectivity index (χ3n) is 7.76. The molecule has 0 aromatic carbocycles. The van der Waals surface area contributed by atoms with Gasteiger partial charge in [0.05, 0.1) is 25.7 Å². The van der Waals surface area contributed by atoms with Crippen LogP contribution in [0.2, 0.25) is 0 Å². The first-order chi connectivity index (χ1) is 13.4. The van der Waals surface area contributed by atoms with Crippen molar-refractivity contribution in [2.45, 2.75) is 148 Å². The summed E-state index contributed by atoms with van der Waals surface area (Å²) in [5.41, 5.74) is 0. The van der Waals surface area contributed by atoms with Crippen LogP contribution in [0, 0.1) is 0 Å². The van der Waals surface area contributed by atoms with Gasteiger partial charge in [0.15, 0.2) is 0 Å². The maximum atomic E-state index is 2.33. The van der Waals surface area contributed by atoms with Gasteiger partial charge in [0.2, 0.25) is 0 Å². The molecule has 0 aromatic rings. The van der Waals surface area contributed by atoms with Crippen molar-refractivity contribution in [3.05, 3.63) is 0 Å². The van der Waals surface area contributed by atoms with Crippen LogP contribution in [0.5, 0.6) is 0 Å². The molecule has 1 unspecified atom stereocenters. The molecule has 2 aliphatic rings. The lowest BCUT2D eigenvalue weighted by Gasteiger charge is -2.46. The highest BCUT2D eigenvalue weighted by Gasteiger charge is 2.35. The van der Waals surface area contributed by atoms with E-state index in [4.69, 9.17) is 0 Å². The molecule has 2 heterocycles. The van der Waals surface area contributed by atoms with Crippen LogP contribution >= 0.6 is 0 Å². The number of quaternary nitrogens is 1. The van der Waals surface area contributed by atoms with Crippen LogP contribution < -0.4 is 0 Å². The smallest absolute Gasteiger partial charge is 0.0890 e. The van der Waals surface area contributed by atoms with Crippen LogP contribution in [0.25, 0.3) is 0 Å². The Hall–Kier alpha value is -0.0400. The van der Waals surface area contributed by atoms with Crippen LogP contribution in [-0.4, -0.2) is 30.2 Å². The predicted molar refractivity (Wildman–Crippen MR) is 121 cm³/mol. The van der Waals surface area contributed by atoms with Gasteiger partial charge in [0.1, 0.15) is 0 Å². The van der Waals surface area contributed by atoms with Crippen molar-refractivity contribution in [2.24, 2.45) is 0 Å². The van der Waals surface area contributed by atoms with Gasteiger partial charge < -0.3 is 4.48 Å². The molecule has 160 valence electrons. The minimum atomic E-state index is 0.997. The number of unbranched alkanes of at least 4 members (excludes halogenated alkanes) is 6. The lowest BCUT2D eigenvalue weighted by molar-refractivity contribution is -0.952. The summed E-state index contributed by atoms with van der Waals surface area (Å²) < 4.78 is 1.54. The monoisotopic (exact) mass is 378 g/mol. The van der Waals surface area contributed by atoms with Crippen molar-refractivity contribution in [3.63, 3.8) is 0 Å². The largest absolute Gasteiger partial charge is 0.321 e. The molecule has 0 aliphatic carbocycles. The zero-order chi connectivity index (χ0) is 19.0. The van der Waals surface area contributed by atoms with E-state index in [-0.39, 0.29) is 0 Å². The molecule has 2 rings (SSSR count). The van der Waals surface area contributed by atoms with Crippen molar-refractivity contribution >= 4 is 0 Å². The number of hydrogen-bond acceptors (Lipinski definition) is 0. The molecule has 1 heteroatoms. The molecular formula is C26H52N+. The summed E-state index contributed by atoms with van der Waals surface area (Å²) in [6.07, 6.45) is 31.4. The third kappa shape index (κ3) is 9.33. The predicted octanol–water partition coefficient (Wildman–Crippen LogP) is 8.41. The number of nitrogens with zero attached hydrogens (tertiary/aromatic N) is 1. The van der Waals surface area contributed by atoms with Crippen molar-refractivity contribution in [3.8, 4) is 0 Å². The summed E-state index contributed by atoms with van der Waals surface area (Å²) >= 11 is 0. The van der Waals surface area contributed by atoms with Gasteiger partial charge in [-0.15, -0.1) is 0 Å². The van der Waals surface area contributed by atoms with Crippen molar-refractivity contribution in [2.75, 3.05) is 19.6 Å². The molecule has 0 amide bonds. The summed E-state index contributed by atoms with van der Waals surface area (Å²) in [6, 6.07) is 0.997. The summed E-state index contributed by atoms with van der Waals surface area (Å²) in [7, 11) is 0. The lowest BCUT2D eigenvalue weighted by Crippen LogP contribution is -2.57. The summed E-state index contributed by atoms with van der Waals surface area (Å²) in [5, 5.41) is 0. The molecule has 0 saturated carbocycles. The first-order valence-electron chi connectivity index (χ1n) is 13.2. The SMILES string of the molecule is CCCCCCCCCC1CCCCCCCC[N+]12CCCCCCCC2. The standard InChI is InChI=1S/C26H52N/c1-2-3-4-5-6-11-16-21-26-22-17-12-7-8-13-18-23-27(26)24-19-14-9-10-15-20-25-27/h26H,2-25H2,1H3/q+1. The van der Waals surface area contributed by atoms with Crippen molar-refractivity contribution in [1.82, 2.24) is 0 Å². The second-order valence-corrected chi connectivity index (χ2v) is 9.98. The fraction of sp³-hybridized carbons (Fsp3) is 1.00. The van der Waals surface area contributed by atoms with E-state index in [9.17, 15) is 0 Å². The topological polar surface area (TPSA) is 0 Å². The Morgan fingerprint density at radius 2 is 0.963 bits per heavy atom. The van der Waals surface area contributed by atoms with E-state index < -0.39 is 0 Å². The van der Waals surface area contributed by atoms with Crippen LogP contribution in [0.4, 0.5) is 0 Å². The zero-order valence-corrected chi connectivity index (χ0v) is 19.0. The van der Waals surface area contributed by atoms with Crippen LogP contribution in [0.15, 0.2) is 0 Å². The van der Waals surface area contributed by atoms with Crippen LogP contribution in [-0.2, 0) is 0 Å². The average molecular weight is 379 g/mol. The average Bonchev–Trinajstić information content (AvgIpc) is 2.80. The third-order valence-corrected chi connectivity index (χ3v) is 7.76. The Balaban J connectivity index is 1.91. The molecule has 27 heavy (non-hydrogen) atoms. The first kappa shape index (κ1) is 23.2. The highest BCUT2D eigenvalue weighted by atomic mass is 15.4. The molecule has 2 saturated heterocycles. The minimum Gasteiger partial charge on any atom is -0.321 e. The molecule has 2 fully saturated rings. The van der Waals surface area contributed by atoms with Gasteiger partial charge in [-0.25, -0.2) is 0 Å². The summed E-state index contributed by atoms with van der Waals surface area (Å²) in [6.45, 7) is 6.87. The van der Waals surface area contributed by atoms with E-state index in [0.29, 0.717) is 0 Å². The van der Waals surface area contributed by atoms with Crippen LogP contribution in [0.1, 0.15) is 142 Å². The Kier molecular flexibility index (Phi) is 12.8. The number of hydrogen-bond donors (Lipinski definition) is 0. The van der Waals surface area contributed by atoms with Gasteiger partial charge in [-0.1, -0.05) is 77.6 Å². The molecule has 0 N–H and O–H groups in total. The van der Waals surface area contributed by atoms with Gasteiger partial charge in [-0.05, 0) is 64.2 Å². The quantitative estimate of drug-likeness (QED) is 0.294. The second-order valence-electron chi connectivity index (χ2n) is 9.98. The molecule has 1 nitrogen and oxygen atoms in total. The summed E-state index contributed by atoms with van der Waals surface area (Å²) in [5.74, 6) is 0. The lowest BCUT2D eigenvalue weighted by atomic mass is 9.93. The maximum Gasteiger partial charge on any atom is 0.0890 e. The van der Waals surface area contributed by atoms with Crippen molar-refractivity contribution < 1.29 is 4.48 Å². The Morgan fingerprint density at radius 1 is 0.519 bits per heavy atom. The number of rotatable bonds is 8. The van der Waals surface area contributed by atoms with Gasteiger partial charge in [0.25, 0.3) is 0 Å². The highest BCUT2D eigenvalue weighted by Crippen LogP contribution is 2.30. The Morgan fingerprint density at radius 3 is 1.52 bits per heavy atom. The molecule has 1 atom stereocenters. The molecular weight excluding hydrogens is 326 g/mol. The molecule has 0 bridgehead atoms. The summed E-state index contributed by atoms with van der Waals surface area (Å²) in [4.78, 5) is 0. The zero-order valence-electron chi connectivity index (χ0n) is 19.0. The Labute approximate surface area is 172 Å². The van der Waals surface area contributed by atoms with Gasteiger partial charge >= 0.3 is 0 Å². The van der Waals surface area contributed by atoms with E-state index in [1.54, 1.807) is 0 Å². The molecule has 1 spiro atoms. The van der Waals surface area contributed by atoms with E-state index in [1.165, 1.54) is 159 Å². The highest BCUT2D eigenvalue weighted by molar-refractivity contribution is 4.67. The fourth-order valence-corrected chi connectivity index (χ4v) is 5.99. The van der Waals surface area contributed by atoms with Crippen LogP contribution in [0.3, 0.4) is 0 Å². The first-order valence-corrected chi connectivity index (χ1v) is 13.2. The second kappa shape index (κ2) is 14.9. The fourth-order valence-electron chi connectivity index (χ4n) is 5.99.